The van der Waals surface area contributed by atoms with Gasteiger partial charge in [-0.1, -0.05) is 45.6 Å². The van der Waals surface area contributed by atoms with Crippen LogP contribution in [0.2, 0.25) is 0 Å². The smallest absolute Gasteiger partial charge is 0.229 e. The lowest BCUT2D eigenvalue weighted by Gasteiger charge is -2.25. The molecule has 25 heavy (non-hydrogen) atoms. The summed E-state index contributed by atoms with van der Waals surface area (Å²) in [5.41, 5.74) is 2.27. The number of benzene rings is 1. The zero-order valence-corrected chi connectivity index (χ0v) is 16.9. The predicted molar refractivity (Wildman–Crippen MR) is 105 cm³/mol. The summed E-state index contributed by atoms with van der Waals surface area (Å²) in [7, 11) is -3.29. The van der Waals surface area contributed by atoms with Gasteiger partial charge in [0.05, 0.1) is 12.4 Å². The van der Waals surface area contributed by atoms with Crippen molar-refractivity contribution in [1.29, 1.82) is 0 Å². The number of rotatable bonds is 12. The fourth-order valence-electron chi connectivity index (χ4n) is 2.99. The molecule has 1 aromatic carbocycles. The first kappa shape index (κ1) is 21.9. The lowest BCUT2D eigenvalue weighted by Crippen LogP contribution is -2.29. The van der Waals surface area contributed by atoms with Gasteiger partial charge in [-0.25, -0.2) is 8.42 Å². The molecule has 0 aromatic heterocycles. The minimum atomic E-state index is -3.29. The molecule has 0 fully saturated rings. The number of unbranched alkanes of at least 4 members (excludes halogenated alkanes) is 4. The molecular formula is C19H34N2O3S. The van der Waals surface area contributed by atoms with Gasteiger partial charge in [-0.05, 0) is 49.7 Å². The van der Waals surface area contributed by atoms with Crippen LogP contribution in [0.3, 0.4) is 0 Å². The summed E-state index contributed by atoms with van der Waals surface area (Å²) in [6.07, 6.45) is 6.79. The Morgan fingerprint density at radius 3 is 2.40 bits per heavy atom. The van der Waals surface area contributed by atoms with E-state index < -0.39 is 16.1 Å². The lowest BCUT2D eigenvalue weighted by atomic mass is 10.0. The first-order valence-electron chi connectivity index (χ1n) is 9.25. The standard InChI is InChI=1S/C19H34N2O3S/c1-5-7-8-9-10-13-21(6-2)15-19(22)18-12-11-17(14-16(18)3)20-25(4,23)24/h11-12,14,19-20,22H,5-10,13,15H2,1-4H3. The molecule has 0 radical (unpaired) electrons. The van der Waals surface area contributed by atoms with Crippen LogP contribution in [0.25, 0.3) is 0 Å². The quantitative estimate of drug-likeness (QED) is 0.551. The van der Waals surface area contributed by atoms with E-state index in [9.17, 15) is 13.5 Å². The Kier molecular flexibility index (Phi) is 9.46. The molecule has 0 aliphatic carbocycles. The van der Waals surface area contributed by atoms with E-state index in [1.165, 1.54) is 25.7 Å². The number of likely N-dealkylation sites (N-methyl/N-ethyl adjacent to an activating group) is 1. The van der Waals surface area contributed by atoms with E-state index >= 15 is 0 Å². The number of anilines is 1. The van der Waals surface area contributed by atoms with Gasteiger partial charge in [-0.3, -0.25) is 4.72 Å². The van der Waals surface area contributed by atoms with Crippen LogP contribution in [0.4, 0.5) is 5.69 Å². The lowest BCUT2D eigenvalue weighted by molar-refractivity contribution is 0.114. The summed E-state index contributed by atoms with van der Waals surface area (Å²) < 4.78 is 25.1. The van der Waals surface area contributed by atoms with Crippen LogP contribution in [0.15, 0.2) is 18.2 Å². The van der Waals surface area contributed by atoms with Crippen molar-refractivity contribution >= 4 is 15.7 Å². The van der Waals surface area contributed by atoms with Crippen molar-refractivity contribution in [2.75, 3.05) is 30.6 Å². The van der Waals surface area contributed by atoms with Gasteiger partial charge in [-0.2, -0.15) is 0 Å². The highest BCUT2D eigenvalue weighted by atomic mass is 32.2. The maximum absolute atomic E-state index is 11.3. The highest BCUT2D eigenvalue weighted by Crippen LogP contribution is 2.23. The largest absolute Gasteiger partial charge is 0.387 e. The molecule has 0 spiro atoms. The molecule has 144 valence electrons. The normalized spacial score (nSPS) is 13.2. The van der Waals surface area contributed by atoms with Crippen molar-refractivity contribution in [3.05, 3.63) is 29.3 Å². The van der Waals surface area contributed by atoms with Gasteiger partial charge in [0, 0.05) is 12.2 Å². The van der Waals surface area contributed by atoms with Crippen molar-refractivity contribution in [1.82, 2.24) is 4.90 Å². The molecule has 1 atom stereocenters. The molecule has 0 aliphatic rings. The van der Waals surface area contributed by atoms with Gasteiger partial charge < -0.3 is 10.0 Å². The van der Waals surface area contributed by atoms with Gasteiger partial charge in [0.2, 0.25) is 10.0 Å². The fraction of sp³-hybridized carbons (Fsp3) is 0.684. The van der Waals surface area contributed by atoms with E-state index in [0.29, 0.717) is 12.2 Å². The molecule has 6 heteroatoms. The summed E-state index contributed by atoms with van der Waals surface area (Å²) in [6, 6.07) is 5.27. The molecule has 2 N–H and O–H groups in total. The van der Waals surface area contributed by atoms with E-state index in [4.69, 9.17) is 0 Å². The Bertz CT molecular complexity index is 617. The van der Waals surface area contributed by atoms with Crippen LogP contribution in [0, 0.1) is 6.92 Å². The summed E-state index contributed by atoms with van der Waals surface area (Å²) in [4.78, 5) is 2.28. The minimum absolute atomic E-state index is 0.527. The van der Waals surface area contributed by atoms with Crippen LogP contribution in [-0.4, -0.2) is 44.3 Å². The first-order chi connectivity index (χ1) is 11.8. The van der Waals surface area contributed by atoms with Crippen LogP contribution in [0.5, 0.6) is 0 Å². The van der Waals surface area contributed by atoms with E-state index in [2.05, 4.69) is 23.5 Å². The van der Waals surface area contributed by atoms with Gasteiger partial charge >= 0.3 is 0 Å². The second kappa shape index (κ2) is 10.8. The number of aryl methyl sites for hydroxylation is 1. The third-order valence-electron chi connectivity index (χ3n) is 4.39. The zero-order chi connectivity index (χ0) is 18.9. The number of aliphatic hydroxyl groups is 1. The third kappa shape index (κ3) is 8.70. The Balaban J connectivity index is 2.61. The van der Waals surface area contributed by atoms with E-state index in [0.717, 1.165) is 36.9 Å². The van der Waals surface area contributed by atoms with Crippen LogP contribution in [0.1, 0.15) is 63.2 Å². The Labute approximate surface area is 153 Å². The molecule has 5 nitrogen and oxygen atoms in total. The number of nitrogens with one attached hydrogen (secondary N) is 1. The summed E-state index contributed by atoms with van der Waals surface area (Å²) >= 11 is 0. The topological polar surface area (TPSA) is 69.6 Å². The van der Waals surface area contributed by atoms with E-state index in [-0.39, 0.29) is 0 Å². The zero-order valence-electron chi connectivity index (χ0n) is 16.1. The minimum Gasteiger partial charge on any atom is -0.387 e. The SMILES string of the molecule is CCCCCCCN(CC)CC(O)c1ccc(NS(C)(=O)=O)cc1C. The van der Waals surface area contributed by atoms with Gasteiger partial charge in [0.15, 0.2) is 0 Å². The molecule has 0 bridgehead atoms. The maximum atomic E-state index is 11.3. The maximum Gasteiger partial charge on any atom is 0.229 e. The molecule has 1 unspecified atom stereocenters. The van der Waals surface area contributed by atoms with Gasteiger partial charge in [0.25, 0.3) is 0 Å². The van der Waals surface area contributed by atoms with Crippen molar-refractivity contribution in [2.45, 2.75) is 59.0 Å². The Hall–Kier alpha value is -1.11. The number of hydrogen-bond donors (Lipinski definition) is 2. The first-order valence-corrected chi connectivity index (χ1v) is 11.1. The van der Waals surface area contributed by atoms with Crippen molar-refractivity contribution in [2.24, 2.45) is 0 Å². The molecule has 0 saturated heterocycles. The Morgan fingerprint density at radius 1 is 1.16 bits per heavy atom. The van der Waals surface area contributed by atoms with Crippen LogP contribution < -0.4 is 4.72 Å². The van der Waals surface area contributed by atoms with Crippen molar-refractivity contribution in [3.8, 4) is 0 Å². The van der Waals surface area contributed by atoms with Crippen molar-refractivity contribution < 1.29 is 13.5 Å². The van der Waals surface area contributed by atoms with E-state index in [1.54, 1.807) is 12.1 Å². The number of nitrogens with zero attached hydrogens (tertiary/aromatic N) is 1. The fourth-order valence-corrected chi connectivity index (χ4v) is 3.54. The monoisotopic (exact) mass is 370 g/mol. The molecule has 0 heterocycles. The average molecular weight is 371 g/mol. The summed E-state index contributed by atoms with van der Waals surface area (Å²) in [6.45, 7) is 8.75. The number of aliphatic hydroxyl groups excluding tert-OH is 1. The summed E-state index contributed by atoms with van der Waals surface area (Å²) in [5, 5.41) is 10.6. The molecule has 0 saturated carbocycles. The van der Waals surface area contributed by atoms with Crippen molar-refractivity contribution in [3.63, 3.8) is 0 Å². The highest BCUT2D eigenvalue weighted by Gasteiger charge is 2.15. The average Bonchev–Trinajstić information content (AvgIpc) is 2.51. The van der Waals surface area contributed by atoms with Crippen LogP contribution in [-0.2, 0) is 10.0 Å². The van der Waals surface area contributed by atoms with E-state index in [1.807, 2.05) is 13.0 Å². The highest BCUT2D eigenvalue weighted by molar-refractivity contribution is 7.92. The number of hydrogen-bond acceptors (Lipinski definition) is 4. The molecule has 1 rings (SSSR count). The predicted octanol–water partition coefficient (Wildman–Crippen LogP) is 3.69. The molecule has 1 aromatic rings. The molecular weight excluding hydrogens is 336 g/mol. The third-order valence-corrected chi connectivity index (χ3v) is 4.99. The second-order valence-electron chi connectivity index (χ2n) is 6.77. The van der Waals surface area contributed by atoms with Crippen LogP contribution >= 0.6 is 0 Å². The summed E-state index contributed by atoms with van der Waals surface area (Å²) in [5.74, 6) is 0. The second-order valence-corrected chi connectivity index (χ2v) is 8.52. The molecule has 0 amide bonds. The number of sulfonamides is 1. The molecule has 0 aliphatic heterocycles. The van der Waals surface area contributed by atoms with Gasteiger partial charge in [0.1, 0.15) is 0 Å². The Morgan fingerprint density at radius 2 is 1.84 bits per heavy atom. The van der Waals surface area contributed by atoms with Gasteiger partial charge in [-0.15, -0.1) is 0 Å².